The molecule has 0 radical (unpaired) electrons. The van der Waals surface area contributed by atoms with Crippen molar-refractivity contribution in [2.45, 2.75) is 45.4 Å². The van der Waals surface area contributed by atoms with Gasteiger partial charge in [-0.2, -0.15) is 0 Å². The average molecular weight is 240 g/mol. The van der Waals surface area contributed by atoms with Gasteiger partial charge in [0, 0.05) is 6.92 Å². The van der Waals surface area contributed by atoms with Crippen molar-refractivity contribution < 1.29 is 4.74 Å². The van der Waals surface area contributed by atoms with Gasteiger partial charge in [0.05, 0.1) is 6.61 Å². The lowest BCUT2D eigenvalue weighted by Crippen LogP contribution is -1.99. The normalized spacial score (nSPS) is 9.29. The minimum Gasteiger partial charge on any atom is -0.487 e. The Morgan fingerprint density at radius 3 is 2.07 bits per heavy atom. The highest BCUT2D eigenvalue weighted by Crippen LogP contribution is 2.04. The molecule has 4 heteroatoms. The number of hydrogen-bond donors (Lipinski definition) is 1. The van der Waals surface area contributed by atoms with Crippen LogP contribution in [0.1, 0.15) is 45.4 Å². The lowest BCUT2D eigenvalue weighted by molar-refractivity contribution is 0.297. The first-order valence-corrected chi connectivity index (χ1v) is 5.51. The van der Waals surface area contributed by atoms with Crippen LogP contribution in [0.4, 0.5) is 0 Å². The number of ether oxygens (including phenoxy) is 1. The molecule has 0 bridgehead atoms. The van der Waals surface area contributed by atoms with Crippen LogP contribution >= 0.6 is 24.6 Å². The largest absolute Gasteiger partial charge is 0.487 e. The summed E-state index contributed by atoms with van der Waals surface area (Å²) in [5.74, 6) is 0. The molecule has 0 aromatic rings. The molecule has 0 aliphatic rings. The van der Waals surface area contributed by atoms with Crippen LogP contribution in [0.3, 0.4) is 0 Å². The van der Waals surface area contributed by atoms with E-state index in [0.29, 0.717) is 5.05 Å². The van der Waals surface area contributed by atoms with Crippen LogP contribution in [0.2, 0.25) is 0 Å². The Hall–Kier alpha value is 0.140. The highest BCUT2D eigenvalue weighted by molar-refractivity contribution is 7.80. The number of halogens is 1. The summed E-state index contributed by atoms with van der Waals surface area (Å²) >= 11 is 4.79. The minimum atomic E-state index is 0. The summed E-state index contributed by atoms with van der Waals surface area (Å²) in [5, 5.41) is 0.656. The molecule has 0 atom stereocenters. The van der Waals surface area contributed by atoms with Crippen LogP contribution in [0.5, 0.6) is 0 Å². The number of thiocarbonyl (C=S) groups is 1. The maximum absolute atomic E-state index is 5.39. The topological polar surface area (TPSA) is 35.2 Å². The van der Waals surface area contributed by atoms with Crippen molar-refractivity contribution in [3.63, 3.8) is 0 Å². The average Bonchev–Trinajstić information content (AvgIpc) is 2.09. The molecule has 2 N–H and O–H groups in total. The fraction of sp³-hybridized carbons (Fsp3) is 0.900. The molecule has 0 aromatic heterocycles. The fourth-order valence-electron chi connectivity index (χ4n) is 1.17. The standard InChI is InChI=1S/C10H21NOS.ClH/c1-10(13)12-9-7-5-3-2-4-6-8-11;/h2-9,11H2,1H3;1H. The van der Waals surface area contributed by atoms with Crippen molar-refractivity contribution in [3.05, 3.63) is 0 Å². The van der Waals surface area contributed by atoms with Crippen molar-refractivity contribution in [3.8, 4) is 0 Å². The van der Waals surface area contributed by atoms with Crippen molar-refractivity contribution in [1.29, 1.82) is 0 Å². The second-order valence-electron chi connectivity index (χ2n) is 3.25. The second-order valence-corrected chi connectivity index (χ2v) is 3.82. The summed E-state index contributed by atoms with van der Waals surface area (Å²) in [6.45, 7) is 3.43. The van der Waals surface area contributed by atoms with E-state index in [1.807, 2.05) is 6.92 Å². The van der Waals surface area contributed by atoms with E-state index in [-0.39, 0.29) is 12.4 Å². The van der Waals surface area contributed by atoms with Gasteiger partial charge in [0.2, 0.25) is 0 Å². The lowest BCUT2D eigenvalue weighted by Gasteiger charge is -2.03. The molecule has 0 saturated heterocycles. The molecule has 0 saturated carbocycles. The lowest BCUT2D eigenvalue weighted by atomic mass is 10.1. The van der Waals surface area contributed by atoms with E-state index < -0.39 is 0 Å². The zero-order valence-corrected chi connectivity index (χ0v) is 10.6. The third-order valence-electron chi connectivity index (χ3n) is 1.90. The van der Waals surface area contributed by atoms with Gasteiger partial charge in [0.1, 0.15) is 0 Å². The number of hydrogen-bond acceptors (Lipinski definition) is 3. The van der Waals surface area contributed by atoms with Crippen molar-refractivity contribution in [2.24, 2.45) is 5.73 Å². The molecule has 0 rings (SSSR count). The van der Waals surface area contributed by atoms with Crippen LogP contribution in [-0.2, 0) is 4.74 Å². The van der Waals surface area contributed by atoms with Gasteiger partial charge >= 0.3 is 0 Å². The highest BCUT2D eigenvalue weighted by Gasteiger charge is 1.91. The molecule has 0 fully saturated rings. The summed E-state index contributed by atoms with van der Waals surface area (Å²) in [4.78, 5) is 0. The summed E-state index contributed by atoms with van der Waals surface area (Å²) in [7, 11) is 0. The number of unbranched alkanes of at least 4 members (excludes halogenated alkanes) is 5. The predicted octanol–water partition coefficient (Wildman–Crippen LogP) is 3.07. The van der Waals surface area contributed by atoms with Gasteiger partial charge in [-0.3, -0.25) is 0 Å². The zero-order valence-electron chi connectivity index (χ0n) is 8.96. The smallest absolute Gasteiger partial charge is 0.156 e. The molecule has 0 amide bonds. The van der Waals surface area contributed by atoms with Crippen LogP contribution in [-0.4, -0.2) is 18.2 Å². The summed E-state index contributed by atoms with van der Waals surface area (Å²) in [5.41, 5.74) is 5.39. The number of rotatable bonds is 8. The van der Waals surface area contributed by atoms with E-state index in [2.05, 4.69) is 0 Å². The van der Waals surface area contributed by atoms with E-state index in [9.17, 15) is 0 Å². The zero-order chi connectivity index (χ0) is 9.94. The second kappa shape index (κ2) is 13.1. The van der Waals surface area contributed by atoms with Gasteiger partial charge < -0.3 is 10.5 Å². The molecule has 0 aliphatic heterocycles. The maximum atomic E-state index is 5.39. The van der Waals surface area contributed by atoms with Gasteiger partial charge in [0.25, 0.3) is 0 Å². The number of nitrogens with two attached hydrogens (primary N) is 1. The minimum absolute atomic E-state index is 0. The first kappa shape index (κ1) is 16.6. The Labute approximate surface area is 99.0 Å². The van der Waals surface area contributed by atoms with Crippen molar-refractivity contribution in [2.75, 3.05) is 13.2 Å². The van der Waals surface area contributed by atoms with Crippen LogP contribution in [0.25, 0.3) is 0 Å². The Morgan fingerprint density at radius 1 is 1.07 bits per heavy atom. The highest BCUT2D eigenvalue weighted by atomic mass is 35.5. The summed E-state index contributed by atoms with van der Waals surface area (Å²) < 4.78 is 5.18. The SMILES string of the molecule is CC(=S)OCCCCCCCCN.Cl. The van der Waals surface area contributed by atoms with Crippen LogP contribution in [0.15, 0.2) is 0 Å². The first-order valence-electron chi connectivity index (χ1n) is 5.11. The fourth-order valence-corrected chi connectivity index (χ4v) is 1.25. The molecular formula is C10H22ClNOS. The molecule has 0 heterocycles. The Morgan fingerprint density at radius 2 is 1.57 bits per heavy atom. The van der Waals surface area contributed by atoms with E-state index in [4.69, 9.17) is 22.7 Å². The Kier molecular flexibility index (Phi) is 15.5. The molecule has 14 heavy (non-hydrogen) atoms. The summed E-state index contributed by atoms with van der Waals surface area (Å²) in [6.07, 6.45) is 7.39. The molecule has 2 nitrogen and oxygen atoms in total. The molecule has 86 valence electrons. The molecule has 0 unspecified atom stereocenters. The van der Waals surface area contributed by atoms with Gasteiger partial charge in [-0.1, -0.05) is 25.7 Å². The third kappa shape index (κ3) is 14.7. The van der Waals surface area contributed by atoms with Crippen molar-refractivity contribution >= 4 is 29.7 Å². The van der Waals surface area contributed by atoms with E-state index >= 15 is 0 Å². The van der Waals surface area contributed by atoms with Crippen LogP contribution < -0.4 is 5.73 Å². The van der Waals surface area contributed by atoms with Gasteiger partial charge in [0.15, 0.2) is 5.05 Å². The van der Waals surface area contributed by atoms with Crippen molar-refractivity contribution in [1.82, 2.24) is 0 Å². The maximum Gasteiger partial charge on any atom is 0.156 e. The quantitative estimate of drug-likeness (QED) is 0.522. The van der Waals surface area contributed by atoms with E-state index in [1.165, 1.54) is 25.7 Å². The third-order valence-corrected chi connectivity index (χ3v) is 2.02. The predicted molar refractivity (Wildman–Crippen MR) is 68.2 cm³/mol. The monoisotopic (exact) mass is 239 g/mol. The molecule has 0 aromatic carbocycles. The summed E-state index contributed by atoms with van der Waals surface area (Å²) in [6, 6.07) is 0. The van der Waals surface area contributed by atoms with E-state index in [0.717, 1.165) is 26.0 Å². The molecule has 0 spiro atoms. The first-order chi connectivity index (χ1) is 6.27. The van der Waals surface area contributed by atoms with E-state index in [1.54, 1.807) is 0 Å². The van der Waals surface area contributed by atoms with Gasteiger partial charge in [-0.05, 0) is 31.6 Å². The van der Waals surface area contributed by atoms with Crippen LogP contribution in [0, 0.1) is 0 Å². The molecular weight excluding hydrogens is 218 g/mol. The van der Waals surface area contributed by atoms with Gasteiger partial charge in [-0.15, -0.1) is 12.4 Å². The molecule has 0 aliphatic carbocycles. The van der Waals surface area contributed by atoms with Gasteiger partial charge in [-0.25, -0.2) is 0 Å². The Bertz CT molecular complexity index is 133. The Balaban J connectivity index is 0.